The first-order chi connectivity index (χ1) is 9.78. The summed E-state index contributed by atoms with van der Waals surface area (Å²) in [7, 11) is 2.24. The molecule has 118 valence electrons. The maximum absolute atomic E-state index is 3.61. The van der Waals surface area contributed by atoms with Crippen LogP contribution in [0.25, 0.3) is 0 Å². The maximum atomic E-state index is 3.61. The second-order valence-electron chi connectivity index (χ2n) is 7.50. The number of nitrogens with one attached hydrogen (secondary N) is 1. The van der Waals surface area contributed by atoms with E-state index in [0.29, 0.717) is 12.1 Å². The van der Waals surface area contributed by atoms with Crippen LogP contribution in [0.5, 0.6) is 0 Å². The predicted octanol–water partition coefficient (Wildman–Crippen LogP) is 3.10. The van der Waals surface area contributed by atoms with Gasteiger partial charge in [-0.25, -0.2) is 0 Å². The Morgan fingerprint density at radius 1 is 1.10 bits per heavy atom. The van der Waals surface area contributed by atoms with E-state index in [1.54, 1.807) is 0 Å². The summed E-state index contributed by atoms with van der Waals surface area (Å²) in [5.41, 5.74) is 2.94. The first-order valence-electron chi connectivity index (χ1n) is 8.08. The minimum atomic E-state index is 0.149. The van der Waals surface area contributed by atoms with Gasteiger partial charge in [0.1, 0.15) is 0 Å². The maximum Gasteiger partial charge on any atom is 0.0412 e. The Labute approximate surface area is 130 Å². The smallest absolute Gasteiger partial charge is 0.0412 e. The van der Waals surface area contributed by atoms with Gasteiger partial charge in [-0.1, -0.05) is 18.2 Å². The van der Waals surface area contributed by atoms with Crippen molar-refractivity contribution < 1.29 is 0 Å². The Morgan fingerprint density at radius 3 is 2.24 bits per heavy atom. The van der Waals surface area contributed by atoms with Gasteiger partial charge in [-0.15, -0.1) is 0 Å². The Morgan fingerprint density at radius 2 is 1.67 bits per heavy atom. The van der Waals surface area contributed by atoms with Crippen molar-refractivity contribution >= 4 is 5.69 Å². The molecule has 1 fully saturated rings. The van der Waals surface area contributed by atoms with E-state index in [1.807, 2.05) is 0 Å². The molecule has 1 aliphatic rings. The predicted molar refractivity (Wildman–Crippen MR) is 91.9 cm³/mol. The SMILES string of the molecule is CC1CN(c2ccccc2CNC(C)(C)C)CC(C)N1C. The Balaban J connectivity index is 2.16. The lowest BCUT2D eigenvalue weighted by atomic mass is 10.0. The topological polar surface area (TPSA) is 18.5 Å². The molecule has 1 saturated heterocycles. The molecule has 1 heterocycles. The molecule has 2 atom stereocenters. The van der Waals surface area contributed by atoms with Crippen LogP contribution in [0.3, 0.4) is 0 Å². The number of hydrogen-bond donors (Lipinski definition) is 1. The molecular weight excluding hydrogens is 258 g/mol. The van der Waals surface area contributed by atoms with Crippen molar-refractivity contribution in [1.82, 2.24) is 10.2 Å². The number of rotatable bonds is 3. The zero-order chi connectivity index (χ0) is 15.6. The number of para-hydroxylation sites is 1. The van der Waals surface area contributed by atoms with Crippen molar-refractivity contribution in [3.05, 3.63) is 29.8 Å². The molecule has 0 aliphatic carbocycles. The third-order valence-corrected chi connectivity index (χ3v) is 4.50. The van der Waals surface area contributed by atoms with Gasteiger partial charge in [0.15, 0.2) is 0 Å². The summed E-state index contributed by atoms with van der Waals surface area (Å²) >= 11 is 0. The molecule has 21 heavy (non-hydrogen) atoms. The number of benzene rings is 1. The van der Waals surface area contributed by atoms with E-state index in [9.17, 15) is 0 Å². The minimum absolute atomic E-state index is 0.149. The van der Waals surface area contributed by atoms with E-state index in [4.69, 9.17) is 0 Å². The monoisotopic (exact) mass is 289 g/mol. The van der Waals surface area contributed by atoms with Gasteiger partial charge in [-0.3, -0.25) is 4.90 Å². The lowest BCUT2D eigenvalue weighted by Crippen LogP contribution is -2.55. The number of nitrogens with zero attached hydrogens (tertiary/aromatic N) is 2. The number of anilines is 1. The van der Waals surface area contributed by atoms with Crippen LogP contribution in [0.15, 0.2) is 24.3 Å². The first-order valence-corrected chi connectivity index (χ1v) is 8.08. The van der Waals surface area contributed by atoms with E-state index in [-0.39, 0.29) is 5.54 Å². The zero-order valence-corrected chi connectivity index (χ0v) is 14.5. The third kappa shape index (κ3) is 4.21. The highest BCUT2D eigenvalue weighted by Crippen LogP contribution is 2.25. The van der Waals surface area contributed by atoms with Crippen molar-refractivity contribution in [2.75, 3.05) is 25.0 Å². The normalized spacial score (nSPS) is 24.4. The molecule has 0 spiro atoms. The molecule has 0 aromatic heterocycles. The summed E-state index contributed by atoms with van der Waals surface area (Å²) in [6.07, 6.45) is 0. The molecule has 0 radical (unpaired) electrons. The number of piperazine rings is 1. The summed E-state index contributed by atoms with van der Waals surface area (Å²) in [6.45, 7) is 14.4. The van der Waals surface area contributed by atoms with Crippen LogP contribution in [0, 0.1) is 0 Å². The molecule has 1 N–H and O–H groups in total. The van der Waals surface area contributed by atoms with Crippen LogP contribution < -0.4 is 10.2 Å². The Hall–Kier alpha value is -1.06. The summed E-state index contributed by atoms with van der Waals surface area (Å²) in [5.74, 6) is 0. The Kier molecular flexibility index (Phi) is 4.95. The molecule has 1 aliphatic heterocycles. The summed E-state index contributed by atoms with van der Waals surface area (Å²) in [4.78, 5) is 5.03. The van der Waals surface area contributed by atoms with Crippen molar-refractivity contribution in [3.8, 4) is 0 Å². The lowest BCUT2D eigenvalue weighted by molar-refractivity contribution is 0.170. The van der Waals surface area contributed by atoms with Gasteiger partial charge >= 0.3 is 0 Å². The zero-order valence-electron chi connectivity index (χ0n) is 14.5. The van der Waals surface area contributed by atoms with Crippen LogP contribution in [0.2, 0.25) is 0 Å². The van der Waals surface area contributed by atoms with Crippen molar-refractivity contribution in [1.29, 1.82) is 0 Å². The van der Waals surface area contributed by atoms with E-state index in [0.717, 1.165) is 19.6 Å². The van der Waals surface area contributed by atoms with Gasteiger partial charge < -0.3 is 10.2 Å². The van der Waals surface area contributed by atoms with Gasteiger partial charge in [0.25, 0.3) is 0 Å². The number of hydrogen-bond acceptors (Lipinski definition) is 3. The minimum Gasteiger partial charge on any atom is -0.368 e. The lowest BCUT2D eigenvalue weighted by Gasteiger charge is -2.44. The Bertz CT molecular complexity index is 452. The molecule has 0 bridgehead atoms. The summed E-state index contributed by atoms with van der Waals surface area (Å²) < 4.78 is 0. The van der Waals surface area contributed by atoms with Crippen molar-refractivity contribution in [3.63, 3.8) is 0 Å². The van der Waals surface area contributed by atoms with Gasteiger partial charge in [0.05, 0.1) is 0 Å². The fourth-order valence-electron chi connectivity index (χ4n) is 2.93. The quantitative estimate of drug-likeness (QED) is 0.922. The fraction of sp³-hybridized carbons (Fsp3) is 0.667. The van der Waals surface area contributed by atoms with E-state index >= 15 is 0 Å². The van der Waals surface area contributed by atoms with Gasteiger partial charge in [-0.2, -0.15) is 0 Å². The number of likely N-dealkylation sites (N-methyl/N-ethyl adjacent to an activating group) is 1. The average molecular weight is 289 g/mol. The summed E-state index contributed by atoms with van der Waals surface area (Å²) in [6, 6.07) is 10.0. The van der Waals surface area contributed by atoms with Gasteiger partial charge in [-0.05, 0) is 53.3 Å². The molecule has 1 aromatic rings. The largest absolute Gasteiger partial charge is 0.368 e. The van der Waals surface area contributed by atoms with E-state index in [1.165, 1.54) is 11.3 Å². The highest BCUT2D eigenvalue weighted by molar-refractivity contribution is 5.54. The summed E-state index contributed by atoms with van der Waals surface area (Å²) in [5, 5.41) is 3.61. The standard InChI is InChI=1S/C18H31N3/c1-14-12-21(13-15(2)20(14)6)17-10-8-7-9-16(17)11-19-18(3,4)5/h7-10,14-15,19H,11-13H2,1-6H3. The van der Waals surface area contributed by atoms with Crippen LogP contribution in [-0.2, 0) is 6.54 Å². The highest BCUT2D eigenvalue weighted by atomic mass is 15.3. The van der Waals surface area contributed by atoms with E-state index in [2.05, 4.69) is 81.0 Å². The second kappa shape index (κ2) is 6.37. The van der Waals surface area contributed by atoms with Crippen LogP contribution >= 0.6 is 0 Å². The second-order valence-corrected chi connectivity index (χ2v) is 7.50. The first kappa shape index (κ1) is 16.3. The van der Waals surface area contributed by atoms with Crippen molar-refractivity contribution in [2.45, 2.75) is 58.8 Å². The average Bonchev–Trinajstić information content (AvgIpc) is 2.41. The van der Waals surface area contributed by atoms with Gasteiger partial charge in [0.2, 0.25) is 0 Å². The molecule has 3 nitrogen and oxygen atoms in total. The molecular formula is C18H31N3. The van der Waals surface area contributed by atoms with Crippen LogP contribution in [0.1, 0.15) is 40.2 Å². The molecule has 2 unspecified atom stereocenters. The van der Waals surface area contributed by atoms with Crippen LogP contribution in [0.4, 0.5) is 5.69 Å². The van der Waals surface area contributed by atoms with Crippen molar-refractivity contribution in [2.24, 2.45) is 0 Å². The highest BCUT2D eigenvalue weighted by Gasteiger charge is 2.27. The van der Waals surface area contributed by atoms with Gasteiger partial charge in [0, 0.05) is 42.9 Å². The molecule has 2 rings (SSSR count). The van der Waals surface area contributed by atoms with Crippen LogP contribution in [-0.4, -0.2) is 42.7 Å². The fourth-order valence-corrected chi connectivity index (χ4v) is 2.93. The third-order valence-electron chi connectivity index (χ3n) is 4.50. The molecule has 0 saturated carbocycles. The molecule has 1 aromatic carbocycles. The van der Waals surface area contributed by atoms with E-state index < -0.39 is 0 Å². The molecule has 3 heteroatoms. The molecule has 0 amide bonds.